The van der Waals surface area contributed by atoms with Crippen molar-refractivity contribution in [3.8, 4) is 5.82 Å². The van der Waals surface area contributed by atoms with Crippen molar-refractivity contribution in [3.05, 3.63) is 41.3 Å². The van der Waals surface area contributed by atoms with Crippen LogP contribution in [0.25, 0.3) is 5.82 Å². The van der Waals surface area contributed by atoms with E-state index in [0.717, 1.165) is 5.56 Å². The second-order valence-electron chi connectivity index (χ2n) is 4.44. The van der Waals surface area contributed by atoms with Gasteiger partial charge in [0.2, 0.25) is 0 Å². The molecule has 2 heterocycles. The van der Waals surface area contributed by atoms with Gasteiger partial charge in [0.15, 0.2) is 5.82 Å². The Morgan fingerprint density at radius 3 is 2.67 bits per heavy atom. The highest BCUT2D eigenvalue weighted by Crippen LogP contribution is 2.14. The molecule has 0 saturated carbocycles. The van der Waals surface area contributed by atoms with Crippen molar-refractivity contribution in [1.82, 2.24) is 14.8 Å². The van der Waals surface area contributed by atoms with E-state index in [1.54, 1.807) is 17.8 Å². The molecule has 0 amide bonds. The standard InChI is InChI=1S/C15H19N3O3/c1-4-20-10-12-6-7-14(16-8-12)18-11(3)13(9-17-18)15(19)21-5-2/h6-9H,4-5,10H2,1-3H3. The van der Waals surface area contributed by atoms with Gasteiger partial charge in [0.1, 0.15) is 5.56 Å². The molecule has 0 aliphatic rings. The summed E-state index contributed by atoms with van der Waals surface area (Å²) in [5.74, 6) is 0.289. The number of nitrogens with zero attached hydrogens (tertiary/aromatic N) is 3. The molecule has 0 N–H and O–H groups in total. The van der Waals surface area contributed by atoms with Crippen LogP contribution in [0.4, 0.5) is 0 Å². The number of hydrogen-bond acceptors (Lipinski definition) is 5. The monoisotopic (exact) mass is 289 g/mol. The molecule has 0 radical (unpaired) electrons. The summed E-state index contributed by atoms with van der Waals surface area (Å²) in [6, 6.07) is 3.78. The lowest BCUT2D eigenvalue weighted by molar-refractivity contribution is 0.0525. The summed E-state index contributed by atoms with van der Waals surface area (Å²) >= 11 is 0. The lowest BCUT2D eigenvalue weighted by atomic mass is 10.2. The van der Waals surface area contributed by atoms with E-state index in [4.69, 9.17) is 9.47 Å². The fraction of sp³-hybridized carbons (Fsp3) is 0.400. The highest BCUT2D eigenvalue weighted by molar-refractivity contribution is 5.90. The number of hydrogen-bond donors (Lipinski definition) is 0. The van der Waals surface area contributed by atoms with E-state index in [2.05, 4.69) is 10.1 Å². The van der Waals surface area contributed by atoms with E-state index >= 15 is 0 Å². The van der Waals surface area contributed by atoms with Crippen LogP contribution in [0.2, 0.25) is 0 Å². The number of esters is 1. The highest BCUT2D eigenvalue weighted by Gasteiger charge is 2.16. The van der Waals surface area contributed by atoms with Gasteiger partial charge >= 0.3 is 5.97 Å². The summed E-state index contributed by atoms with van der Waals surface area (Å²) in [6.45, 7) is 7.09. The zero-order valence-corrected chi connectivity index (χ0v) is 12.5. The molecular formula is C15H19N3O3. The second-order valence-corrected chi connectivity index (χ2v) is 4.44. The van der Waals surface area contributed by atoms with Crippen molar-refractivity contribution in [2.45, 2.75) is 27.4 Å². The number of ether oxygens (including phenoxy) is 2. The van der Waals surface area contributed by atoms with Crippen LogP contribution in [0.5, 0.6) is 0 Å². The maximum absolute atomic E-state index is 11.8. The third-order valence-corrected chi connectivity index (χ3v) is 3.00. The number of carbonyl (C=O) groups is 1. The minimum absolute atomic E-state index is 0.341. The van der Waals surface area contributed by atoms with Gasteiger partial charge in [0.25, 0.3) is 0 Å². The number of pyridine rings is 1. The normalized spacial score (nSPS) is 10.6. The Balaban J connectivity index is 2.20. The second kappa shape index (κ2) is 6.99. The number of rotatable bonds is 6. The first-order valence-corrected chi connectivity index (χ1v) is 6.92. The average molecular weight is 289 g/mol. The molecule has 0 atom stereocenters. The van der Waals surface area contributed by atoms with Crippen molar-refractivity contribution in [1.29, 1.82) is 0 Å². The quantitative estimate of drug-likeness (QED) is 0.763. The zero-order chi connectivity index (χ0) is 15.2. The Morgan fingerprint density at radius 1 is 1.24 bits per heavy atom. The van der Waals surface area contributed by atoms with E-state index in [1.165, 1.54) is 6.20 Å². The van der Waals surface area contributed by atoms with E-state index in [1.807, 2.05) is 26.0 Å². The van der Waals surface area contributed by atoms with Gasteiger partial charge in [-0.25, -0.2) is 14.5 Å². The Hall–Kier alpha value is -2.21. The topological polar surface area (TPSA) is 66.2 Å². The molecule has 0 aliphatic carbocycles. The first kappa shape index (κ1) is 15.2. The van der Waals surface area contributed by atoms with Crippen molar-refractivity contribution < 1.29 is 14.3 Å². The van der Waals surface area contributed by atoms with E-state index in [0.29, 0.717) is 36.9 Å². The van der Waals surface area contributed by atoms with Crippen LogP contribution in [0.1, 0.15) is 35.5 Å². The molecule has 0 aromatic carbocycles. The van der Waals surface area contributed by atoms with E-state index in [9.17, 15) is 4.79 Å². The van der Waals surface area contributed by atoms with Gasteiger partial charge in [-0.15, -0.1) is 0 Å². The predicted molar refractivity (Wildman–Crippen MR) is 77.4 cm³/mol. The number of carbonyl (C=O) groups excluding carboxylic acids is 1. The minimum Gasteiger partial charge on any atom is -0.462 e. The van der Waals surface area contributed by atoms with Crippen molar-refractivity contribution in [3.63, 3.8) is 0 Å². The molecule has 0 aliphatic heterocycles. The third-order valence-electron chi connectivity index (χ3n) is 3.00. The minimum atomic E-state index is -0.366. The van der Waals surface area contributed by atoms with Gasteiger partial charge in [-0.2, -0.15) is 5.10 Å². The molecule has 2 rings (SSSR count). The molecule has 21 heavy (non-hydrogen) atoms. The Kier molecular flexibility index (Phi) is 5.05. The molecule has 6 nitrogen and oxygen atoms in total. The van der Waals surface area contributed by atoms with Gasteiger partial charge in [0.05, 0.1) is 25.1 Å². The molecule has 0 unspecified atom stereocenters. The van der Waals surface area contributed by atoms with Gasteiger partial charge in [0, 0.05) is 12.8 Å². The molecule has 0 fully saturated rings. The predicted octanol–water partition coefficient (Wildman–Crippen LogP) is 2.29. The van der Waals surface area contributed by atoms with Crippen LogP contribution in [0, 0.1) is 6.92 Å². The van der Waals surface area contributed by atoms with Crippen LogP contribution < -0.4 is 0 Å². The van der Waals surface area contributed by atoms with Crippen LogP contribution >= 0.6 is 0 Å². The summed E-state index contributed by atoms with van der Waals surface area (Å²) in [5.41, 5.74) is 2.16. The first-order chi connectivity index (χ1) is 10.2. The SMILES string of the molecule is CCOCc1ccc(-n2ncc(C(=O)OCC)c2C)nc1. The highest BCUT2D eigenvalue weighted by atomic mass is 16.5. The summed E-state index contributed by atoms with van der Waals surface area (Å²) in [5, 5.41) is 4.20. The van der Waals surface area contributed by atoms with Gasteiger partial charge in [-0.05, 0) is 32.4 Å². The molecule has 6 heteroatoms. The fourth-order valence-electron chi connectivity index (χ4n) is 1.90. The third kappa shape index (κ3) is 3.46. The molecule has 0 saturated heterocycles. The summed E-state index contributed by atoms with van der Waals surface area (Å²) in [6.07, 6.45) is 3.25. The van der Waals surface area contributed by atoms with Crippen LogP contribution in [-0.4, -0.2) is 33.9 Å². The van der Waals surface area contributed by atoms with Crippen molar-refractivity contribution in [2.24, 2.45) is 0 Å². The van der Waals surface area contributed by atoms with Crippen LogP contribution in [-0.2, 0) is 16.1 Å². The summed E-state index contributed by atoms with van der Waals surface area (Å²) in [4.78, 5) is 16.1. The zero-order valence-electron chi connectivity index (χ0n) is 12.5. The van der Waals surface area contributed by atoms with Gasteiger partial charge in [-0.3, -0.25) is 0 Å². The molecule has 0 spiro atoms. The van der Waals surface area contributed by atoms with Crippen LogP contribution in [0.15, 0.2) is 24.5 Å². The lowest BCUT2D eigenvalue weighted by Gasteiger charge is -2.06. The Morgan fingerprint density at radius 2 is 2.05 bits per heavy atom. The van der Waals surface area contributed by atoms with Crippen molar-refractivity contribution >= 4 is 5.97 Å². The lowest BCUT2D eigenvalue weighted by Crippen LogP contribution is -2.07. The van der Waals surface area contributed by atoms with Gasteiger partial charge in [-0.1, -0.05) is 6.07 Å². The molecule has 112 valence electrons. The first-order valence-electron chi connectivity index (χ1n) is 6.92. The number of aromatic nitrogens is 3. The Bertz CT molecular complexity index is 605. The molecular weight excluding hydrogens is 270 g/mol. The maximum Gasteiger partial charge on any atom is 0.341 e. The molecule has 0 bridgehead atoms. The summed E-state index contributed by atoms with van der Waals surface area (Å²) < 4.78 is 11.9. The van der Waals surface area contributed by atoms with E-state index in [-0.39, 0.29) is 5.97 Å². The average Bonchev–Trinajstić information content (AvgIpc) is 2.88. The van der Waals surface area contributed by atoms with Gasteiger partial charge < -0.3 is 9.47 Å². The van der Waals surface area contributed by atoms with Crippen LogP contribution in [0.3, 0.4) is 0 Å². The molecule has 2 aromatic rings. The van der Waals surface area contributed by atoms with Crippen molar-refractivity contribution in [2.75, 3.05) is 13.2 Å². The molecule has 2 aromatic heterocycles. The Labute approximate surface area is 123 Å². The maximum atomic E-state index is 11.8. The summed E-state index contributed by atoms with van der Waals surface area (Å²) in [7, 11) is 0. The van der Waals surface area contributed by atoms with E-state index < -0.39 is 0 Å². The fourth-order valence-corrected chi connectivity index (χ4v) is 1.90. The smallest absolute Gasteiger partial charge is 0.341 e. The largest absolute Gasteiger partial charge is 0.462 e.